The molecule has 0 unspecified atom stereocenters. The van der Waals surface area contributed by atoms with Crippen molar-refractivity contribution in [3.8, 4) is 0 Å². The van der Waals surface area contributed by atoms with Gasteiger partial charge in [0.2, 0.25) is 0 Å². The molecule has 1 rings (SSSR count). The van der Waals surface area contributed by atoms with Crippen LogP contribution in [0.5, 0.6) is 0 Å². The van der Waals surface area contributed by atoms with E-state index in [-0.39, 0.29) is 5.78 Å². The molecule has 14 heavy (non-hydrogen) atoms. The van der Waals surface area contributed by atoms with Gasteiger partial charge in [0.15, 0.2) is 18.2 Å². The van der Waals surface area contributed by atoms with E-state index < -0.39 is 5.41 Å². The minimum Gasteiger partial charge on any atom is -0.619 e. The van der Waals surface area contributed by atoms with E-state index in [9.17, 15) is 10.0 Å². The van der Waals surface area contributed by atoms with Gasteiger partial charge in [-0.3, -0.25) is 4.79 Å². The maximum Gasteiger partial charge on any atom is 0.191 e. The minimum absolute atomic E-state index is 0.000185. The average Bonchev–Trinajstić information content (AvgIpc) is 2.06. The zero-order valence-corrected chi connectivity index (χ0v) is 9.00. The first-order valence-electron chi connectivity index (χ1n) is 4.56. The first-order valence-corrected chi connectivity index (χ1v) is 4.56. The van der Waals surface area contributed by atoms with Crippen molar-refractivity contribution in [2.24, 2.45) is 5.41 Å². The van der Waals surface area contributed by atoms with Gasteiger partial charge in [0, 0.05) is 11.5 Å². The molecule has 0 saturated heterocycles. The molecule has 0 fully saturated rings. The van der Waals surface area contributed by atoms with Crippen LogP contribution in [0.25, 0.3) is 0 Å². The summed E-state index contributed by atoms with van der Waals surface area (Å²) in [5.41, 5.74) is 0.908. The van der Waals surface area contributed by atoms with Crippen LogP contribution < -0.4 is 4.73 Å². The Morgan fingerprint density at radius 1 is 1.43 bits per heavy atom. The lowest BCUT2D eigenvalue weighted by atomic mass is 9.86. The summed E-state index contributed by atoms with van der Waals surface area (Å²) >= 11 is 0. The quantitative estimate of drug-likeness (QED) is 0.388. The van der Waals surface area contributed by atoms with Crippen LogP contribution in [0.2, 0.25) is 0 Å². The molecule has 0 aliphatic rings. The summed E-state index contributed by atoms with van der Waals surface area (Å²) in [5.74, 6) is 0.000185. The van der Waals surface area contributed by atoms with Gasteiger partial charge >= 0.3 is 0 Å². The summed E-state index contributed by atoms with van der Waals surface area (Å²) in [6, 6.07) is 1.66. The molecule has 3 heteroatoms. The third-order valence-corrected chi connectivity index (χ3v) is 2.08. The van der Waals surface area contributed by atoms with Gasteiger partial charge in [-0.25, -0.2) is 0 Å². The largest absolute Gasteiger partial charge is 0.619 e. The van der Waals surface area contributed by atoms with Crippen LogP contribution in [-0.4, -0.2) is 5.78 Å². The average molecular weight is 193 g/mol. The van der Waals surface area contributed by atoms with Gasteiger partial charge in [0.25, 0.3) is 0 Å². The van der Waals surface area contributed by atoms with E-state index in [1.165, 1.54) is 12.4 Å². The summed E-state index contributed by atoms with van der Waals surface area (Å²) < 4.78 is 0.659. The summed E-state index contributed by atoms with van der Waals surface area (Å²) in [6.07, 6.45) is 2.73. The predicted octanol–water partition coefficient (Wildman–Crippen LogP) is 1.86. The van der Waals surface area contributed by atoms with Gasteiger partial charge in [-0.15, -0.1) is 0 Å². The summed E-state index contributed by atoms with van der Waals surface area (Å²) in [7, 11) is 0. The molecular formula is C11H15NO2. The van der Waals surface area contributed by atoms with Crippen molar-refractivity contribution in [2.75, 3.05) is 0 Å². The van der Waals surface area contributed by atoms with Crippen LogP contribution in [0.15, 0.2) is 18.5 Å². The second-order valence-electron chi connectivity index (χ2n) is 4.48. The summed E-state index contributed by atoms with van der Waals surface area (Å²) in [4.78, 5) is 11.9. The van der Waals surface area contributed by atoms with E-state index in [0.717, 1.165) is 5.56 Å². The Balaban J connectivity index is 3.19. The van der Waals surface area contributed by atoms with Crippen molar-refractivity contribution in [2.45, 2.75) is 27.7 Å². The van der Waals surface area contributed by atoms with E-state index >= 15 is 0 Å². The van der Waals surface area contributed by atoms with Crippen LogP contribution in [-0.2, 0) is 0 Å². The molecule has 1 aromatic heterocycles. The molecule has 0 bridgehead atoms. The zero-order valence-electron chi connectivity index (χ0n) is 9.00. The molecule has 3 nitrogen and oxygen atoms in total. The first kappa shape index (κ1) is 10.7. The fourth-order valence-electron chi connectivity index (χ4n) is 1.19. The second kappa shape index (κ2) is 3.40. The molecule has 0 aliphatic heterocycles. The number of carbonyl (C=O) groups excluding carboxylic acids is 1. The Hall–Kier alpha value is -1.38. The number of aromatic nitrogens is 1. The van der Waals surface area contributed by atoms with Gasteiger partial charge < -0.3 is 5.21 Å². The number of hydrogen-bond donors (Lipinski definition) is 0. The lowest BCUT2D eigenvalue weighted by molar-refractivity contribution is -0.605. The number of hydrogen-bond acceptors (Lipinski definition) is 2. The van der Waals surface area contributed by atoms with Crippen molar-refractivity contribution >= 4 is 5.78 Å². The normalized spacial score (nSPS) is 11.4. The van der Waals surface area contributed by atoms with E-state index in [2.05, 4.69) is 0 Å². The molecule has 76 valence electrons. The van der Waals surface area contributed by atoms with E-state index in [4.69, 9.17) is 0 Å². The molecular weight excluding hydrogens is 178 g/mol. The molecule has 0 N–H and O–H groups in total. The Labute approximate surface area is 84.0 Å². The molecule has 0 spiro atoms. The molecule has 1 heterocycles. The maximum absolute atomic E-state index is 11.9. The molecule has 0 amide bonds. The van der Waals surface area contributed by atoms with Crippen molar-refractivity contribution in [1.29, 1.82) is 0 Å². The second-order valence-corrected chi connectivity index (χ2v) is 4.48. The van der Waals surface area contributed by atoms with Crippen LogP contribution in [0, 0.1) is 17.5 Å². The fraction of sp³-hybridized carbons (Fsp3) is 0.455. The molecule has 0 radical (unpaired) electrons. The highest BCUT2D eigenvalue weighted by atomic mass is 16.5. The number of nitrogens with zero attached hydrogens (tertiary/aromatic N) is 1. The third kappa shape index (κ3) is 2.10. The molecule has 0 saturated carbocycles. The molecule has 0 aromatic carbocycles. The lowest BCUT2D eigenvalue weighted by Gasteiger charge is -2.16. The number of ketones is 1. The highest BCUT2D eigenvalue weighted by molar-refractivity contribution is 6.00. The van der Waals surface area contributed by atoms with Crippen LogP contribution in [0.4, 0.5) is 0 Å². The number of rotatable bonds is 1. The van der Waals surface area contributed by atoms with Crippen LogP contribution in [0.1, 0.15) is 36.7 Å². The van der Waals surface area contributed by atoms with E-state index in [1.54, 1.807) is 6.07 Å². The maximum atomic E-state index is 11.9. The van der Waals surface area contributed by atoms with Gasteiger partial charge in [-0.1, -0.05) is 20.8 Å². The Bertz CT molecular complexity index is 364. The lowest BCUT2D eigenvalue weighted by Crippen LogP contribution is -2.29. The molecule has 0 atom stereocenters. The molecule has 0 aliphatic carbocycles. The topological polar surface area (TPSA) is 44.0 Å². The highest BCUT2D eigenvalue weighted by Gasteiger charge is 2.25. The SMILES string of the molecule is Cc1cc[n+]([O-])cc1C(=O)C(C)(C)C. The number of aryl methyl sites for hydroxylation is 1. The Morgan fingerprint density at radius 3 is 2.50 bits per heavy atom. The third-order valence-electron chi connectivity index (χ3n) is 2.08. The van der Waals surface area contributed by atoms with Crippen molar-refractivity contribution in [3.05, 3.63) is 34.8 Å². The number of carbonyl (C=O) groups is 1. The van der Waals surface area contributed by atoms with E-state index in [0.29, 0.717) is 10.3 Å². The fourth-order valence-corrected chi connectivity index (χ4v) is 1.19. The van der Waals surface area contributed by atoms with Gasteiger partial charge in [-0.05, 0) is 12.5 Å². The predicted molar refractivity (Wildman–Crippen MR) is 53.9 cm³/mol. The van der Waals surface area contributed by atoms with Crippen molar-refractivity contribution < 1.29 is 9.52 Å². The number of Topliss-reactive ketones (excluding diaryl/α,β-unsaturated/α-hetero) is 1. The Kier molecular flexibility index (Phi) is 2.60. The van der Waals surface area contributed by atoms with Crippen molar-refractivity contribution in [3.63, 3.8) is 0 Å². The first-order chi connectivity index (χ1) is 6.32. The Morgan fingerprint density at radius 2 is 2.00 bits per heavy atom. The van der Waals surface area contributed by atoms with E-state index in [1.807, 2.05) is 27.7 Å². The smallest absolute Gasteiger partial charge is 0.191 e. The number of pyridine rings is 1. The monoisotopic (exact) mass is 193 g/mol. The zero-order chi connectivity index (χ0) is 10.9. The van der Waals surface area contributed by atoms with Gasteiger partial charge in [-0.2, -0.15) is 4.73 Å². The summed E-state index contributed by atoms with van der Waals surface area (Å²) in [5, 5.41) is 11.0. The van der Waals surface area contributed by atoms with Crippen LogP contribution >= 0.6 is 0 Å². The van der Waals surface area contributed by atoms with Crippen LogP contribution in [0.3, 0.4) is 0 Å². The summed E-state index contributed by atoms with van der Waals surface area (Å²) in [6.45, 7) is 7.36. The minimum atomic E-state index is -0.445. The van der Waals surface area contributed by atoms with Gasteiger partial charge in [0.05, 0.1) is 5.56 Å². The molecule has 1 aromatic rings. The van der Waals surface area contributed by atoms with Gasteiger partial charge in [0.1, 0.15) is 0 Å². The highest BCUT2D eigenvalue weighted by Crippen LogP contribution is 2.21. The standard InChI is InChI=1S/C11H15NO2/c1-8-5-6-12(14)7-9(8)10(13)11(2,3)4/h5-7H,1-4H3. The van der Waals surface area contributed by atoms with Crippen molar-refractivity contribution in [1.82, 2.24) is 0 Å².